The molecule has 0 aliphatic rings. The number of anilines is 1. The van der Waals surface area contributed by atoms with Crippen molar-refractivity contribution in [2.45, 2.75) is 11.6 Å². The van der Waals surface area contributed by atoms with E-state index in [1.165, 1.54) is 0 Å². The Labute approximate surface area is 111 Å². The van der Waals surface area contributed by atoms with Crippen LogP contribution in [0.1, 0.15) is 5.56 Å². The SMILES string of the molecule is O=S(=O)(Nc1ccc(F)c(F)c1F)c1[nH]ncc1CO. The molecule has 0 spiro atoms. The van der Waals surface area contributed by atoms with Gasteiger partial charge in [0.15, 0.2) is 22.5 Å². The molecule has 0 amide bonds. The van der Waals surface area contributed by atoms with Crippen molar-refractivity contribution >= 4 is 15.7 Å². The molecule has 20 heavy (non-hydrogen) atoms. The van der Waals surface area contributed by atoms with Gasteiger partial charge in [-0.1, -0.05) is 0 Å². The van der Waals surface area contributed by atoms with Crippen molar-refractivity contribution in [2.75, 3.05) is 4.72 Å². The van der Waals surface area contributed by atoms with Gasteiger partial charge in [-0.2, -0.15) is 13.5 Å². The summed E-state index contributed by atoms with van der Waals surface area (Å²) in [6, 6.07) is 1.32. The highest BCUT2D eigenvalue weighted by Gasteiger charge is 2.23. The third kappa shape index (κ3) is 2.47. The molecule has 10 heteroatoms. The highest BCUT2D eigenvalue weighted by Crippen LogP contribution is 2.23. The number of aliphatic hydroxyl groups is 1. The van der Waals surface area contributed by atoms with E-state index >= 15 is 0 Å². The van der Waals surface area contributed by atoms with E-state index in [0.717, 1.165) is 12.3 Å². The van der Waals surface area contributed by atoms with Gasteiger partial charge in [-0.05, 0) is 12.1 Å². The second-order valence-corrected chi connectivity index (χ2v) is 5.33. The summed E-state index contributed by atoms with van der Waals surface area (Å²) in [6.07, 6.45) is 1.07. The molecular formula is C10H8F3N3O3S. The van der Waals surface area contributed by atoms with Crippen molar-refractivity contribution in [1.82, 2.24) is 10.2 Å². The molecule has 6 nitrogen and oxygen atoms in total. The maximum atomic E-state index is 13.4. The van der Waals surface area contributed by atoms with Gasteiger partial charge in [-0.15, -0.1) is 0 Å². The van der Waals surface area contributed by atoms with Crippen LogP contribution in [-0.2, 0) is 16.6 Å². The van der Waals surface area contributed by atoms with Crippen LogP contribution >= 0.6 is 0 Å². The maximum absolute atomic E-state index is 13.4. The summed E-state index contributed by atoms with van der Waals surface area (Å²) >= 11 is 0. The van der Waals surface area contributed by atoms with Gasteiger partial charge in [-0.3, -0.25) is 9.82 Å². The zero-order valence-corrected chi connectivity index (χ0v) is 10.5. The largest absolute Gasteiger partial charge is 0.392 e. The molecule has 0 radical (unpaired) electrons. The van der Waals surface area contributed by atoms with Crippen molar-refractivity contribution in [3.8, 4) is 0 Å². The number of aromatic amines is 1. The Morgan fingerprint density at radius 2 is 1.95 bits per heavy atom. The van der Waals surface area contributed by atoms with E-state index in [9.17, 15) is 21.6 Å². The zero-order valence-electron chi connectivity index (χ0n) is 9.69. The third-order valence-electron chi connectivity index (χ3n) is 2.40. The summed E-state index contributed by atoms with van der Waals surface area (Å²) in [5.41, 5.74) is -0.817. The average Bonchev–Trinajstić information content (AvgIpc) is 2.89. The Morgan fingerprint density at radius 3 is 2.60 bits per heavy atom. The standard InChI is InChI=1S/C10H8F3N3O3S/c11-6-1-2-7(9(13)8(6)12)16-20(18,19)10-5(4-17)3-14-15-10/h1-3,16-17H,4H2,(H,14,15). The Kier molecular flexibility index (Phi) is 3.68. The van der Waals surface area contributed by atoms with Gasteiger partial charge in [0.05, 0.1) is 18.5 Å². The first kappa shape index (κ1) is 14.3. The second-order valence-electron chi connectivity index (χ2n) is 3.71. The molecule has 0 bridgehead atoms. The molecule has 2 rings (SSSR count). The van der Waals surface area contributed by atoms with E-state index in [1.54, 1.807) is 4.72 Å². The van der Waals surface area contributed by atoms with Gasteiger partial charge in [0, 0.05) is 5.56 Å². The number of rotatable bonds is 4. The molecule has 108 valence electrons. The first-order chi connectivity index (χ1) is 9.36. The average molecular weight is 307 g/mol. The Bertz CT molecular complexity index is 745. The van der Waals surface area contributed by atoms with Crippen molar-refractivity contribution in [2.24, 2.45) is 0 Å². The van der Waals surface area contributed by atoms with Crippen LogP contribution in [0.3, 0.4) is 0 Å². The van der Waals surface area contributed by atoms with E-state index in [-0.39, 0.29) is 5.56 Å². The first-order valence-electron chi connectivity index (χ1n) is 5.16. The van der Waals surface area contributed by atoms with E-state index in [4.69, 9.17) is 5.11 Å². The van der Waals surface area contributed by atoms with Gasteiger partial charge in [0.1, 0.15) is 0 Å². The molecule has 0 aliphatic carbocycles. The Balaban J connectivity index is 2.42. The minimum atomic E-state index is -4.32. The number of sulfonamides is 1. The number of nitrogens with one attached hydrogen (secondary N) is 2. The lowest BCUT2D eigenvalue weighted by atomic mass is 10.3. The Morgan fingerprint density at radius 1 is 1.25 bits per heavy atom. The normalized spacial score (nSPS) is 11.6. The number of halogens is 3. The highest BCUT2D eigenvalue weighted by molar-refractivity contribution is 7.92. The summed E-state index contributed by atoms with van der Waals surface area (Å²) < 4.78 is 64.7. The molecule has 2 aromatic rings. The van der Waals surface area contributed by atoms with Crippen LogP contribution in [0.2, 0.25) is 0 Å². The molecule has 1 aromatic heterocycles. The number of aromatic nitrogens is 2. The Hall–Kier alpha value is -2.07. The summed E-state index contributed by atoms with van der Waals surface area (Å²) in [5.74, 6) is -4.90. The fourth-order valence-electron chi connectivity index (χ4n) is 1.45. The van der Waals surface area contributed by atoms with Crippen molar-refractivity contribution < 1.29 is 26.7 Å². The molecule has 1 aromatic carbocycles. The number of aliphatic hydroxyl groups excluding tert-OH is 1. The van der Waals surface area contributed by atoms with Crippen LogP contribution in [0.15, 0.2) is 23.4 Å². The quantitative estimate of drug-likeness (QED) is 0.738. The molecule has 0 fully saturated rings. The maximum Gasteiger partial charge on any atom is 0.279 e. The van der Waals surface area contributed by atoms with Crippen LogP contribution in [0, 0.1) is 17.5 Å². The van der Waals surface area contributed by atoms with Crippen LogP contribution < -0.4 is 4.72 Å². The van der Waals surface area contributed by atoms with E-state index in [2.05, 4.69) is 10.2 Å². The first-order valence-corrected chi connectivity index (χ1v) is 6.64. The second kappa shape index (κ2) is 5.13. The van der Waals surface area contributed by atoms with Crippen molar-refractivity contribution in [3.63, 3.8) is 0 Å². The number of hydrogen-bond donors (Lipinski definition) is 3. The molecule has 0 unspecified atom stereocenters. The van der Waals surface area contributed by atoms with Crippen LogP contribution in [0.4, 0.5) is 18.9 Å². The summed E-state index contributed by atoms with van der Waals surface area (Å²) in [4.78, 5) is 0. The molecule has 0 atom stereocenters. The molecule has 1 heterocycles. The predicted octanol–water partition coefficient (Wildman–Crippen LogP) is 1.12. The number of benzene rings is 1. The van der Waals surface area contributed by atoms with Gasteiger partial charge in [-0.25, -0.2) is 13.2 Å². The number of H-pyrrole nitrogens is 1. The van der Waals surface area contributed by atoms with Crippen molar-refractivity contribution in [3.05, 3.63) is 41.3 Å². The van der Waals surface area contributed by atoms with E-state index in [0.29, 0.717) is 6.07 Å². The minimum absolute atomic E-state index is 0.0551. The molecular weight excluding hydrogens is 299 g/mol. The smallest absolute Gasteiger partial charge is 0.279 e. The molecule has 0 saturated heterocycles. The van der Waals surface area contributed by atoms with E-state index < -0.39 is 44.8 Å². The van der Waals surface area contributed by atoms with Gasteiger partial charge < -0.3 is 5.11 Å². The fraction of sp³-hybridized carbons (Fsp3) is 0.100. The monoisotopic (exact) mass is 307 g/mol. The molecule has 0 saturated carbocycles. The minimum Gasteiger partial charge on any atom is -0.392 e. The summed E-state index contributed by atoms with van der Waals surface area (Å²) in [6.45, 7) is -0.618. The zero-order chi connectivity index (χ0) is 14.9. The van der Waals surface area contributed by atoms with Gasteiger partial charge in [0.25, 0.3) is 10.0 Å². The summed E-state index contributed by atoms with van der Waals surface area (Å²) in [5, 5.41) is 14.0. The fourth-order valence-corrected chi connectivity index (χ4v) is 2.63. The third-order valence-corrected chi connectivity index (χ3v) is 3.78. The predicted molar refractivity (Wildman–Crippen MR) is 61.6 cm³/mol. The lowest BCUT2D eigenvalue weighted by molar-refractivity contribution is 0.278. The van der Waals surface area contributed by atoms with Crippen LogP contribution in [0.5, 0.6) is 0 Å². The van der Waals surface area contributed by atoms with E-state index in [1.807, 2.05) is 0 Å². The topological polar surface area (TPSA) is 95.1 Å². The van der Waals surface area contributed by atoms with Crippen molar-refractivity contribution in [1.29, 1.82) is 0 Å². The van der Waals surface area contributed by atoms with Crippen LogP contribution in [-0.4, -0.2) is 23.7 Å². The van der Waals surface area contributed by atoms with Gasteiger partial charge in [0.2, 0.25) is 0 Å². The van der Waals surface area contributed by atoms with Crippen LogP contribution in [0.25, 0.3) is 0 Å². The highest BCUT2D eigenvalue weighted by atomic mass is 32.2. The molecule has 0 aliphatic heterocycles. The van der Waals surface area contributed by atoms with Gasteiger partial charge >= 0.3 is 0 Å². The lowest BCUT2D eigenvalue weighted by Crippen LogP contribution is -2.16. The number of nitrogens with zero attached hydrogens (tertiary/aromatic N) is 1. The number of hydrogen-bond acceptors (Lipinski definition) is 4. The lowest BCUT2D eigenvalue weighted by Gasteiger charge is -2.09. The summed E-state index contributed by atoms with van der Waals surface area (Å²) in [7, 11) is -4.32. The molecule has 3 N–H and O–H groups in total.